The SMILES string of the molecule is CN=Cc1cc(-c2nc3ccc(OCC(F)(F)F)nc3[nH]c2=O)ccc1N. The molecule has 27 heavy (non-hydrogen) atoms. The number of nitrogen functional groups attached to an aromatic ring is 1. The van der Waals surface area contributed by atoms with Crippen molar-refractivity contribution < 1.29 is 17.9 Å². The molecule has 2 aromatic heterocycles. The van der Waals surface area contributed by atoms with E-state index in [-0.39, 0.29) is 17.2 Å². The quantitative estimate of drug-likeness (QED) is 0.537. The Labute approximate surface area is 150 Å². The zero-order valence-corrected chi connectivity index (χ0v) is 14.0. The summed E-state index contributed by atoms with van der Waals surface area (Å²) in [6.45, 7) is -1.48. The van der Waals surface area contributed by atoms with E-state index >= 15 is 0 Å². The summed E-state index contributed by atoms with van der Waals surface area (Å²) in [5, 5.41) is 0. The summed E-state index contributed by atoms with van der Waals surface area (Å²) in [6.07, 6.45) is -2.93. The second-order valence-electron chi connectivity index (χ2n) is 5.57. The van der Waals surface area contributed by atoms with Crippen molar-refractivity contribution in [1.29, 1.82) is 0 Å². The Morgan fingerprint density at radius 2 is 2.04 bits per heavy atom. The molecule has 0 spiro atoms. The third kappa shape index (κ3) is 4.22. The molecule has 0 fully saturated rings. The molecule has 0 bridgehead atoms. The van der Waals surface area contributed by atoms with Gasteiger partial charge in [-0.25, -0.2) is 4.98 Å². The number of hydrogen-bond donors (Lipinski definition) is 2. The Kier molecular flexibility index (Phi) is 4.80. The number of aromatic amines is 1. The molecule has 3 N–H and O–H groups in total. The molecular weight excluding hydrogens is 363 g/mol. The zero-order valence-electron chi connectivity index (χ0n) is 14.0. The van der Waals surface area contributed by atoms with Gasteiger partial charge in [0.2, 0.25) is 5.88 Å². The Balaban J connectivity index is 2.00. The van der Waals surface area contributed by atoms with Crippen LogP contribution in [0, 0.1) is 0 Å². The molecule has 1 aromatic carbocycles. The lowest BCUT2D eigenvalue weighted by atomic mass is 10.1. The second kappa shape index (κ2) is 7.06. The predicted octanol–water partition coefficient (Wildman–Crippen LogP) is 2.56. The highest BCUT2D eigenvalue weighted by atomic mass is 19.4. The van der Waals surface area contributed by atoms with Gasteiger partial charge in [-0.1, -0.05) is 6.07 Å². The number of nitrogens with two attached hydrogens (primary N) is 1. The summed E-state index contributed by atoms with van der Waals surface area (Å²) in [7, 11) is 1.59. The molecule has 0 radical (unpaired) electrons. The highest BCUT2D eigenvalue weighted by molar-refractivity contribution is 5.89. The number of H-pyrrole nitrogens is 1. The summed E-state index contributed by atoms with van der Waals surface area (Å²) in [6, 6.07) is 7.60. The van der Waals surface area contributed by atoms with Crippen molar-refractivity contribution in [3.63, 3.8) is 0 Å². The van der Waals surface area contributed by atoms with Gasteiger partial charge >= 0.3 is 6.18 Å². The lowest BCUT2D eigenvalue weighted by Gasteiger charge is -2.09. The molecule has 0 aliphatic rings. The number of benzene rings is 1. The van der Waals surface area contributed by atoms with Crippen LogP contribution >= 0.6 is 0 Å². The number of aromatic nitrogens is 3. The fourth-order valence-corrected chi connectivity index (χ4v) is 2.36. The Morgan fingerprint density at radius 1 is 1.26 bits per heavy atom. The van der Waals surface area contributed by atoms with Crippen molar-refractivity contribution in [1.82, 2.24) is 15.0 Å². The molecule has 0 amide bonds. The summed E-state index contributed by atoms with van der Waals surface area (Å²) in [5.41, 5.74) is 7.39. The van der Waals surface area contributed by atoms with Gasteiger partial charge in [0.05, 0.1) is 0 Å². The minimum absolute atomic E-state index is 0.0224. The van der Waals surface area contributed by atoms with Gasteiger partial charge in [-0.15, -0.1) is 0 Å². The number of alkyl halides is 3. The van der Waals surface area contributed by atoms with Crippen molar-refractivity contribution >= 4 is 23.1 Å². The van der Waals surface area contributed by atoms with E-state index in [4.69, 9.17) is 5.73 Å². The largest absolute Gasteiger partial charge is 0.468 e. The normalized spacial score (nSPS) is 12.0. The number of ether oxygens (including phenoxy) is 1. The minimum atomic E-state index is -4.49. The first-order valence-electron chi connectivity index (χ1n) is 7.69. The van der Waals surface area contributed by atoms with E-state index in [0.29, 0.717) is 22.3 Å². The molecule has 0 aliphatic heterocycles. The van der Waals surface area contributed by atoms with Gasteiger partial charge in [-0.05, 0) is 18.2 Å². The molecule has 3 aromatic rings. The molecule has 0 saturated carbocycles. The van der Waals surface area contributed by atoms with E-state index < -0.39 is 18.3 Å². The number of halogens is 3. The monoisotopic (exact) mass is 377 g/mol. The van der Waals surface area contributed by atoms with E-state index in [9.17, 15) is 18.0 Å². The molecule has 0 atom stereocenters. The van der Waals surface area contributed by atoms with E-state index in [2.05, 4.69) is 24.7 Å². The van der Waals surface area contributed by atoms with E-state index in [1.807, 2.05) is 0 Å². The molecule has 7 nitrogen and oxygen atoms in total. The first kappa shape index (κ1) is 18.4. The first-order chi connectivity index (χ1) is 12.8. The van der Waals surface area contributed by atoms with Gasteiger partial charge in [-0.3, -0.25) is 9.79 Å². The van der Waals surface area contributed by atoms with Gasteiger partial charge in [-0.2, -0.15) is 18.2 Å². The van der Waals surface area contributed by atoms with Crippen LogP contribution in [0.3, 0.4) is 0 Å². The number of aliphatic imine (C=N–C) groups is 1. The lowest BCUT2D eigenvalue weighted by Crippen LogP contribution is -2.20. The summed E-state index contributed by atoms with van der Waals surface area (Å²) in [4.78, 5) is 26.9. The van der Waals surface area contributed by atoms with Gasteiger partial charge in [0.25, 0.3) is 5.56 Å². The predicted molar refractivity (Wildman–Crippen MR) is 95.1 cm³/mol. The lowest BCUT2D eigenvalue weighted by molar-refractivity contribution is -0.154. The number of fused-ring (bicyclic) bond motifs is 1. The molecule has 140 valence electrons. The van der Waals surface area contributed by atoms with Crippen LogP contribution in [0.4, 0.5) is 18.9 Å². The van der Waals surface area contributed by atoms with Crippen LogP contribution in [0.15, 0.2) is 40.1 Å². The van der Waals surface area contributed by atoms with Crippen LogP contribution in [0.2, 0.25) is 0 Å². The highest BCUT2D eigenvalue weighted by Gasteiger charge is 2.28. The standard InChI is InChI=1S/C17H14F3N5O2/c1-22-7-10-6-9(2-3-11(10)21)14-16(26)25-15-12(23-14)4-5-13(24-15)27-8-17(18,19)20/h2-7H,8,21H2,1H3,(H,24,25,26). The van der Waals surface area contributed by atoms with Crippen molar-refractivity contribution in [2.45, 2.75) is 6.18 Å². The third-order valence-corrected chi connectivity index (χ3v) is 3.54. The number of nitrogens with zero attached hydrogens (tertiary/aromatic N) is 3. The van der Waals surface area contributed by atoms with Crippen LogP contribution < -0.4 is 16.0 Å². The second-order valence-corrected chi connectivity index (χ2v) is 5.57. The molecule has 0 saturated heterocycles. The number of rotatable bonds is 4. The third-order valence-electron chi connectivity index (χ3n) is 3.54. The Morgan fingerprint density at radius 3 is 2.74 bits per heavy atom. The summed E-state index contributed by atoms with van der Waals surface area (Å²) >= 11 is 0. The molecule has 3 rings (SSSR count). The maximum Gasteiger partial charge on any atom is 0.422 e. The Hall–Kier alpha value is -3.43. The molecule has 0 aliphatic carbocycles. The number of hydrogen-bond acceptors (Lipinski definition) is 6. The highest BCUT2D eigenvalue weighted by Crippen LogP contribution is 2.22. The average molecular weight is 377 g/mol. The van der Waals surface area contributed by atoms with Crippen molar-refractivity contribution in [3.05, 3.63) is 46.2 Å². The fourth-order valence-electron chi connectivity index (χ4n) is 2.36. The van der Waals surface area contributed by atoms with Gasteiger partial charge in [0.1, 0.15) is 11.2 Å². The van der Waals surface area contributed by atoms with Crippen molar-refractivity contribution in [2.75, 3.05) is 19.4 Å². The van der Waals surface area contributed by atoms with Crippen LogP contribution in [0.1, 0.15) is 5.56 Å². The topological polar surface area (TPSA) is 106 Å². The first-order valence-corrected chi connectivity index (χ1v) is 7.69. The summed E-state index contributed by atoms with van der Waals surface area (Å²) in [5.74, 6) is -0.265. The van der Waals surface area contributed by atoms with Crippen LogP contribution in [0.25, 0.3) is 22.4 Å². The molecule has 2 heterocycles. The zero-order chi connectivity index (χ0) is 19.6. The van der Waals surface area contributed by atoms with E-state index in [0.717, 1.165) is 0 Å². The van der Waals surface area contributed by atoms with Crippen molar-refractivity contribution in [3.8, 4) is 17.1 Å². The summed E-state index contributed by atoms with van der Waals surface area (Å²) < 4.78 is 41.3. The molecule has 0 unspecified atom stereocenters. The van der Waals surface area contributed by atoms with E-state index in [1.165, 1.54) is 12.1 Å². The maximum absolute atomic E-state index is 12.4. The van der Waals surface area contributed by atoms with Crippen molar-refractivity contribution in [2.24, 2.45) is 4.99 Å². The molecular formula is C17H14F3N5O2. The number of nitrogens with one attached hydrogen (secondary N) is 1. The minimum Gasteiger partial charge on any atom is -0.468 e. The average Bonchev–Trinajstić information content (AvgIpc) is 2.61. The Bertz CT molecular complexity index is 1080. The maximum atomic E-state index is 12.4. The molecule has 10 heteroatoms. The van der Waals surface area contributed by atoms with E-state index in [1.54, 1.807) is 31.5 Å². The van der Waals surface area contributed by atoms with Gasteiger partial charge in [0, 0.05) is 36.1 Å². The van der Waals surface area contributed by atoms with Crippen LogP contribution in [0.5, 0.6) is 5.88 Å². The number of anilines is 1. The number of pyridine rings is 1. The fraction of sp³-hybridized carbons (Fsp3) is 0.176. The smallest absolute Gasteiger partial charge is 0.422 e. The van der Waals surface area contributed by atoms with Gasteiger partial charge < -0.3 is 15.5 Å². The van der Waals surface area contributed by atoms with Crippen LogP contribution in [-0.4, -0.2) is 41.0 Å². The van der Waals surface area contributed by atoms with Gasteiger partial charge in [0.15, 0.2) is 12.3 Å². The van der Waals surface area contributed by atoms with Crippen LogP contribution in [-0.2, 0) is 0 Å².